The summed E-state index contributed by atoms with van der Waals surface area (Å²) >= 11 is 0. The van der Waals surface area contributed by atoms with Gasteiger partial charge in [0.25, 0.3) is 0 Å². The van der Waals surface area contributed by atoms with Crippen LogP contribution in [-0.2, 0) is 21.4 Å². The number of sulfonamides is 1. The summed E-state index contributed by atoms with van der Waals surface area (Å²) in [5.41, 5.74) is 2.87. The number of nitrogens with two attached hydrogens (primary N) is 1. The molecule has 0 radical (unpaired) electrons. The number of nitrogens with zero attached hydrogens (tertiary/aromatic N) is 1. The van der Waals surface area contributed by atoms with Gasteiger partial charge in [0.2, 0.25) is 15.9 Å². The van der Waals surface area contributed by atoms with Crippen molar-refractivity contribution in [2.75, 3.05) is 6.54 Å². The normalized spacial score (nSPS) is 11.6. The lowest BCUT2D eigenvalue weighted by Gasteiger charge is -2.20. The van der Waals surface area contributed by atoms with Gasteiger partial charge in [0.1, 0.15) is 5.76 Å². The zero-order valence-electron chi connectivity index (χ0n) is 12.0. The molecule has 2 aromatic rings. The molecular formula is C14H17N3O4S. The van der Waals surface area contributed by atoms with Crippen molar-refractivity contribution in [3.05, 3.63) is 54.0 Å². The van der Waals surface area contributed by atoms with Gasteiger partial charge in [0.15, 0.2) is 0 Å². The maximum atomic E-state index is 12.7. The molecule has 2 rings (SSSR count). The molecule has 118 valence electrons. The van der Waals surface area contributed by atoms with Gasteiger partial charge in [-0.05, 0) is 31.2 Å². The fourth-order valence-electron chi connectivity index (χ4n) is 1.87. The predicted molar refractivity (Wildman–Crippen MR) is 79.8 cm³/mol. The zero-order valence-corrected chi connectivity index (χ0v) is 12.8. The molecular weight excluding hydrogens is 306 g/mol. The van der Waals surface area contributed by atoms with Gasteiger partial charge in [-0.15, -0.1) is 0 Å². The highest BCUT2D eigenvalue weighted by atomic mass is 32.2. The van der Waals surface area contributed by atoms with Crippen molar-refractivity contribution < 1.29 is 17.6 Å². The number of carbonyl (C=O) groups is 1. The largest absolute Gasteiger partial charge is 0.468 e. The minimum atomic E-state index is -3.84. The lowest BCUT2D eigenvalue weighted by atomic mass is 10.2. The number of hydrazine groups is 1. The molecule has 1 aromatic carbocycles. The molecule has 0 fully saturated rings. The number of nitrogens with one attached hydrogen (secondary N) is 1. The van der Waals surface area contributed by atoms with Crippen LogP contribution in [0.15, 0.2) is 52.0 Å². The van der Waals surface area contributed by atoms with Crippen molar-refractivity contribution in [2.24, 2.45) is 5.84 Å². The molecule has 0 bridgehead atoms. The van der Waals surface area contributed by atoms with Crippen LogP contribution >= 0.6 is 0 Å². The topological polar surface area (TPSA) is 106 Å². The molecule has 0 saturated heterocycles. The fraction of sp³-hybridized carbons (Fsp3) is 0.214. The molecule has 1 aromatic heterocycles. The second-order valence-electron chi connectivity index (χ2n) is 4.73. The van der Waals surface area contributed by atoms with Crippen LogP contribution in [0.4, 0.5) is 0 Å². The van der Waals surface area contributed by atoms with E-state index in [0.29, 0.717) is 5.76 Å². The van der Waals surface area contributed by atoms with Gasteiger partial charge in [-0.2, -0.15) is 4.31 Å². The third-order valence-electron chi connectivity index (χ3n) is 3.05. The van der Waals surface area contributed by atoms with E-state index in [1.54, 1.807) is 24.3 Å². The first-order valence-corrected chi connectivity index (χ1v) is 7.96. The van der Waals surface area contributed by atoms with Crippen LogP contribution in [0.3, 0.4) is 0 Å². The van der Waals surface area contributed by atoms with E-state index in [1.807, 2.05) is 12.3 Å². The smallest absolute Gasteiger partial charge is 0.249 e. The maximum Gasteiger partial charge on any atom is 0.249 e. The van der Waals surface area contributed by atoms with Crippen molar-refractivity contribution in [2.45, 2.75) is 18.4 Å². The van der Waals surface area contributed by atoms with Gasteiger partial charge >= 0.3 is 0 Å². The Morgan fingerprint density at radius 3 is 2.50 bits per heavy atom. The number of rotatable bonds is 6. The molecule has 1 heterocycles. The Morgan fingerprint density at radius 2 is 1.95 bits per heavy atom. The third-order valence-corrected chi connectivity index (χ3v) is 4.86. The van der Waals surface area contributed by atoms with Crippen molar-refractivity contribution >= 4 is 15.9 Å². The van der Waals surface area contributed by atoms with Crippen molar-refractivity contribution in [1.82, 2.24) is 9.73 Å². The number of furan rings is 1. The number of carbonyl (C=O) groups excluding carboxylic acids is 1. The van der Waals surface area contributed by atoms with Gasteiger partial charge < -0.3 is 4.42 Å². The summed E-state index contributed by atoms with van der Waals surface area (Å²) in [5, 5.41) is 0. The van der Waals surface area contributed by atoms with Gasteiger partial charge in [-0.1, -0.05) is 17.7 Å². The van der Waals surface area contributed by atoms with E-state index in [1.165, 1.54) is 18.4 Å². The zero-order chi connectivity index (χ0) is 16.2. The third kappa shape index (κ3) is 3.73. The standard InChI is InChI=1S/C14H17N3O4S/c1-11-4-6-13(7-5-11)22(19,20)17(10-14(18)16-15)9-12-3-2-8-21-12/h2-8H,9-10,15H2,1H3,(H,16,18). The Balaban J connectivity index is 2.33. The Hall–Kier alpha value is -2.16. The highest BCUT2D eigenvalue weighted by Gasteiger charge is 2.27. The second kappa shape index (κ2) is 6.73. The summed E-state index contributed by atoms with van der Waals surface area (Å²) < 4.78 is 31.5. The Bertz CT molecular complexity index is 724. The lowest BCUT2D eigenvalue weighted by molar-refractivity contribution is -0.121. The molecule has 1 amide bonds. The van der Waals surface area contributed by atoms with Crippen LogP contribution in [0.2, 0.25) is 0 Å². The molecule has 0 aliphatic rings. The average Bonchev–Trinajstić information content (AvgIpc) is 3.00. The summed E-state index contributed by atoms with van der Waals surface area (Å²) in [6, 6.07) is 9.68. The number of benzene rings is 1. The van der Waals surface area contributed by atoms with Crippen LogP contribution in [0, 0.1) is 6.92 Å². The minimum absolute atomic E-state index is 0.0589. The maximum absolute atomic E-state index is 12.7. The molecule has 0 unspecified atom stereocenters. The predicted octanol–water partition coefficient (Wildman–Crippen LogP) is 0.769. The molecule has 0 saturated carbocycles. The molecule has 0 spiro atoms. The Kier molecular flexibility index (Phi) is 4.96. The van der Waals surface area contributed by atoms with E-state index in [4.69, 9.17) is 10.3 Å². The number of amides is 1. The summed E-state index contributed by atoms with van der Waals surface area (Å²) in [5.74, 6) is 4.87. The Morgan fingerprint density at radius 1 is 1.27 bits per heavy atom. The lowest BCUT2D eigenvalue weighted by Crippen LogP contribution is -2.42. The van der Waals surface area contributed by atoms with E-state index < -0.39 is 22.5 Å². The second-order valence-corrected chi connectivity index (χ2v) is 6.67. The highest BCUT2D eigenvalue weighted by Crippen LogP contribution is 2.19. The Labute approximate surface area is 128 Å². The summed E-state index contributed by atoms with van der Waals surface area (Å²) in [6.07, 6.45) is 1.44. The van der Waals surface area contributed by atoms with Crippen molar-refractivity contribution in [3.8, 4) is 0 Å². The summed E-state index contributed by atoms with van der Waals surface area (Å²) in [6.45, 7) is 1.41. The number of hydrogen-bond donors (Lipinski definition) is 2. The van der Waals surface area contributed by atoms with Crippen LogP contribution in [0.5, 0.6) is 0 Å². The molecule has 0 aliphatic carbocycles. The van der Waals surface area contributed by atoms with Gasteiger partial charge in [-0.3, -0.25) is 10.2 Å². The number of aryl methyl sites for hydroxylation is 1. The SMILES string of the molecule is Cc1ccc(S(=O)(=O)N(CC(=O)NN)Cc2ccco2)cc1. The van der Waals surface area contributed by atoms with E-state index in [2.05, 4.69) is 0 Å². The van der Waals surface area contributed by atoms with E-state index >= 15 is 0 Å². The van der Waals surface area contributed by atoms with Gasteiger partial charge in [-0.25, -0.2) is 14.3 Å². The van der Waals surface area contributed by atoms with Crippen LogP contribution in [0.25, 0.3) is 0 Å². The highest BCUT2D eigenvalue weighted by molar-refractivity contribution is 7.89. The molecule has 22 heavy (non-hydrogen) atoms. The quantitative estimate of drug-likeness (QED) is 0.464. The van der Waals surface area contributed by atoms with Crippen LogP contribution in [0.1, 0.15) is 11.3 Å². The van der Waals surface area contributed by atoms with E-state index in [0.717, 1.165) is 9.87 Å². The molecule has 0 atom stereocenters. The van der Waals surface area contributed by atoms with Gasteiger partial charge in [0.05, 0.1) is 24.2 Å². The fourth-order valence-corrected chi connectivity index (χ4v) is 3.23. The molecule has 8 heteroatoms. The average molecular weight is 323 g/mol. The first kappa shape index (κ1) is 16.2. The summed E-state index contributed by atoms with van der Waals surface area (Å²) in [7, 11) is -3.84. The van der Waals surface area contributed by atoms with Crippen molar-refractivity contribution in [3.63, 3.8) is 0 Å². The molecule has 7 nitrogen and oxygen atoms in total. The molecule has 3 N–H and O–H groups in total. The van der Waals surface area contributed by atoms with E-state index in [-0.39, 0.29) is 11.4 Å². The summed E-state index contributed by atoms with van der Waals surface area (Å²) in [4.78, 5) is 11.6. The first-order chi connectivity index (χ1) is 10.4. The monoisotopic (exact) mass is 323 g/mol. The molecule has 0 aliphatic heterocycles. The van der Waals surface area contributed by atoms with Gasteiger partial charge in [0, 0.05) is 0 Å². The minimum Gasteiger partial charge on any atom is -0.468 e. The number of hydrogen-bond acceptors (Lipinski definition) is 5. The van der Waals surface area contributed by atoms with Crippen molar-refractivity contribution in [1.29, 1.82) is 0 Å². The van der Waals surface area contributed by atoms with Crippen LogP contribution in [-0.4, -0.2) is 25.2 Å². The first-order valence-electron chi connectivity index (χ1n) is 6.52. The van der Waals surface area contributed by atoms with Crippen LogP contribution < -0.4 is 11.3 Å². The van der Waals surface area contributed by atoms with E-state index in [9.17, 15) is 13.2 Å².